The monoisotopic (exact) mass is 358 g/mol. The van der Waals surface area contributed by atoms with Crippen LogP contribution in [-0.4, -0.2) is 17.5 Å². The average molecular weight is 359 g/mol. The summed E-state index contributed by atoms with van der Waals surface area (Å²) in [7, 11) is 0. The lowest BCUT2D eigenvalue weighted by atomic mass is 9.85. The highest BCUT2D eigenvalue weighted by Gasteiger charge is 2.20. The average Bonchev–Trinajstić information content (AvgIpc) is 2.95. The quantitative estimate of drug-likeness (QED) is 0.866. The first-order valence-electron chi connectivity index (χ1n) is 8.85. The Bertz CT molecular complexity index is 751. The van der Waals surface area contributed by atoms with Crippen LogP contribution in [0.2, 0.25) is 0 Å². The molecule has 1 amide bonds. The second-order valence-electron chi connectivity index (χ2n) is 7.68. The Morgan fingerprint density at radius 1 is 1.28 bits per heavy atom. The van der Waals surface area contributed by atoms with Crippen molar-refractivity contribution in [1.82, 2.24) is 4.98 Å². The number of aryl methyl sites for hydroxylation is 3. The standard InChI is InChI=1S/C20H26N2O2S/c1-13-9-10-16(14(11-13)20(2,3)4)24-12-18(23)22-19-21-15-7-5-6-8-17(15)25-19/h9-11H,5-8,12H2,1-4H3,(H,21,22,23). The third kappa shape index (κ3) is 4.40. The van der Waals surface area contributed by atoms with E-state index in [1.54, 1.807) is 11.3 Å². The first-order valence-corrected chi connectivity index (χ1v) is 9.67. The number of fused-ring (bicyclic) bond motifs is 1. The van der Waals surface area contributed by atoms with Gasteiger partial charge in [0.1, 0.15) is 5.75 Å². The Labute approximate surface area is 153 Å². The van der Waals surface area contributed by atoms with Crippen molar-refractivity contribution < 1.29 is 9.53 Å². The number of hydrogen-bond acceptors (Lipinski definition) is 4. The number of aromatic nitrogens is 1. The maximum Gasteiger partial charge on any atom is 0.264 e. The summed E-state index contributed by atoms with van der Waals surface area (Å²) in [6.45, 7) is 8.50. The van der Waals surface area contributed by atoms with Crippen LogP contribution in [0.3, 0.4) is 0 Å². The summed E-state index contributed by atoms with van der Waals surface area (Å²) in [5.41, 5.74) is 3.42. The van der Waals surface area contributed by atoms with E-state index in [9.17, 15) is 4.79 Å². The van der Waals surface area contributed by atoms with E-state index in [0.717, 1.165) is 29.8 Å². The molecule has 1 N–H and O–H groups in total. The molecule has 4 nitrogen and oxygen atoms in total. The molecule has 0 unspecified atom stereocenters. The van der Waals surface area contributed by atoms with Gasteiger partial charge in [0.15, 0.2) is 11.7 Å². The number of anilines is 1. The first kappa shape index (κ1) is 17.9. The van der Waals surface area contributed by atoms with Crippen LogP contribution in [0.5, 0.6) is 5.75 Å². The fraction of sp³-hybridized carbons (Fsp3) is 0.500. The van der Waals surface area contributed by atoms with Crippen LogP contribution in [0.4, 0.5) is 5.13 Å². The fourth-order valence-electron chi connectivity index (χ4n) is 3.06. The zero-order valence-corrected chi connectivity index (χ0v) is 16.3. The normalized spacial score (nSPS) is 14.1. The predicted molar refractivity (Wildman–Crippen MR) is 103 cm³/mol. The summed E-state index contributed by atoms with van der Waals surface area (Å²) in [5, 5.41) is 3.58. The molecule has 0 spiro atoms. The molecule has 1 aliphatic carbocycles. The number of ether oxygens (including phenoxy) is 1. The largest absolute Gasteiger partial charge is 0.483 e. The molecule has 3 rings (SSSR count). The smallest absolute Gasteiger partial charge is 0.264 e. The highest BCUT2D eigenvalue weighted by molar-refractivity contribution is 7.15. The molecule has 0 saturated carbocycles. The Morgan fingerprint density at radius 3 is 2.76 bits per heavy atom. The Morgan fingerprint density at radius 2 is 2.04 bits per heavy atom. The topological polar surface area (TPSA) is 51.2 Å². The van der Waals surface area contributed by atoms with E-state index in [2.05, 4.69) is 44.1 Å². The summed E-state index contributed by atoms with van der Waals surface area (Å²) < 4.78 is 5.82. The van der Waals surface area contributed by atoms with Crippen molar-refractivity contribution in [3.8, 4) is 5.75 Å². The Kier molecular flexibility index (Phi) is 5.13. The van der Waals surface area contributed by atoms with Crippen molar-refractivity contribution in [3.63, 3.8) is 0 Å². The molecule has 25 heavy (non-hydrogen) atoms. The number of rotatable bonds is 4. The van der Waals surface area contributed by atoms with Crippen molar-refractivity contribution >= 4 is 22.4 Å². The van der Waals surface area contributed by atoms with Crippen LogP contribution >= 0.6 is 11.3 Å². The lowest BCUT2D eigenvalue weighted by Gasteiger charge is -2.23. The van der Waals surface area contributed by atoms with Gasteiger partial charge in [-0.05, 0) is 49.7 Å². The predicted octanol–water partition coefficient (Wildman–Crippen LogP) is 4.65. The summed E-state index contributed by atoms with van der Waals surface area (Å²) in [5.74, 6) is 0.609. The molecule has 0 saturated heterocycles. The van der Waals surface area contributed by atoms with Crippen LogP contribution in [0.15, 0.2) is 18.2 Å². The molecular formula is C20H26N2O2S. The minimum Gasteiger partial charge on any atom is -0.483 e. The van der Waals surface area contributed by atoms with Crippen LogP contribution in [0, 0.1) is 6.92 Å². The molecule has 1 aromatic heterocycles. The number of hydrogen-bond donors (Lipinski definition) is 1. The summed E-state index contributed by atoms with van der Waals surface area (Å²) in [6.07, 6.45) is 4.51. The van der Waals surface area contributed by atoms with Gasteiger partial charge in [-0.1, -0.05) is 38.5 Å². The van der Waals surface area contributed by atoms with Gasteiger partial charge < -0.3 is 4.74 Å². The third-order valence-corrected chi connectivity index (χ3v) is 5.47. The van der Waals surface area contributed by atoms with Crippen molar-refractivity contribution in [2.24, 2.45) is 0 Å². The summed E-state index contributed by atoms with van der Waals surface area (Å²) in [4.78, 5) is 18.1. The van der Waals surface area contributed by atoms with E-state index >= 15 is 0 Å². The fourth-order valence-corrected chi connectivity index (χ4v) is 4.13. The highest BCUT2D eigenvalue weighted by atomic mass is 32.1. The van der Waals surface area contributed by atoms with Gasteiger partial charge in [0, 0.05) is 4.88 Å². The molecule has 0 radical (unpaired) electrons. The van der Waals surface area contributed by atoms with Gasteiger partial charge in [0.2, 0.25) is 0 Å². The van der Waals surface area contributed by atoms with Crippen molar-refractivity contribution in [2.45, 2.75) is 58.8 Å². The van der Waals surface area contributed by atoms with E-state index in [0.29, 0.717) is 5.13 Å². The third-order valence-electron chi connectivity index (χ3n) is 4.39. The first-order chi connectivity index (χ1) is 11.8. The molecule has 0 atom stereocenters. The molecule has 0 bridgehead atoms. The maximum absolute atomic E-state index is 12.3. The van der Waals surface area contributed by atoms with E-state index in [1.165, 1.54) is 23.3 Å². The van der Waals surface area contributed by atoms with Crippen molar-refractivity contribution in [1.29, 1.82) is 0 Å². The molecular weight excluding hydrogens is 332 g/mol. The number of nitrogens with zero attached hydrogens (tertiary/aromatic N) is 1. The number of benzene rings is 1. The van der Waals surface area contributed by atoms with Gasteiger partial charge in [0.05, 0.1) is 5.69 Å². The highest BCUT2D eigenvalue weighted by Crippen LogP contribution is 2.32. The Hall–Kier alpha value is -1.88. The van der Waals surface area contributed by atoms with Crippen LogP contribution in [0.25, 0.3) is 0 Å². The van der Waals surface area contributed by atoms with Crippen LogP contribution in [0.1, 0.15) is 55.3 Å². The lowest BCUT2D eigenvalue weighted by molar-refractivity contribution is -0.118. The van der Waals surface area contributed by atoms with Gasteiger partial charge in [-0.15, -0.1) is 11.3 Å². The lowest BCUT2D eigenvalue weighted by Crippen LogP contribution is -2.22. The molecule has 2 aromatic rings. The van der Waals surface area contributed by atoms with E-state index in [1.807, 2.05) is 12.1 Å². The van der Waals surface area contributed by atoms with E-state index in [4.69, 9.17) is 4.74 Å². The number of thiazole rings is 1. The molecule has 1 heterocycles. The SMILES string of the molecule is Cc1ccc(OCC(=O)Nc2nc3c(s2)CCCC3)c(C(C)(C)C)c1. The van der Waals surface area contributed by atoms with Crippen molar-refractivity contribution in [2.75, 3.05) is 11.9 Å². The Balaban J connectivity index is 1.64. The van der Waals surface area contributed by atoms with Gasteiger partial charge in [0.25, 0.3) is 5.91 Å². The van der Waals surface area contributed by atoms with Gasteiger partial charge >= 0.3 is 0 Å². The van der Waals surface area contributed by atoms with Crippen LogP contribution < -0.4 is 10.1 Å². The minimum atomic E-state index is -0.161. The van der Waals surface area contributed by atoms with Gasteiger partial charge in [-0.25, -0.2) is 4.98 Å². The molecule has 134 valence electrons. The number of carbonyl (C=O) groups excluding carboxylic acids is 1. The second kappa shape index (κ2) is 7.16. The molecule has 5 heteroatoms. The summed E-state index contributed by atoms with van der Waals surface area (Å²) in [6, 6.07) is 6.09. The van der Waals surface area contributed by atoms with Crippen molar-refractivity contribution in [3.05, 3.63) is 39.9 Å². The zero-order chi connectivity index (χ0) is 18.0. The molecule has 0 fully saturated rings. The molecule has 1 aliphatic rings. The molecule has 0 aliphatic heterocycles. The van der Waals surface area contributed by atoms with Crippen LogP contribution in [-0.2, 0) is 23.1 Å². The molecule has 1 aromatic carbocycles. The zero-order valence-electron chi connectivity index (χ0n) is 15.4. The van der Waals surface area contributed by atoms with Gasteiger partial charge in [-0.3, -0.25) is 10.1 Å². The number of carbonyl (C=O) groups is 1. The van der Waals surface area contributed by atoms with Gasteiger partial charge in [-0.2, -0.15) is 0 Å². The van der Waals surface area contributed by atoms with E-state index < -0.39 is 0 Å². The summed E-state index contributed by atoms with van der Waals surface area (Å²) >= 11 is 1.60. The number of nitrogens with one attached hydrogen (secondary N) is 1. The number of amides is 1. The second-order valence-corrected chi connectivity index (χ2v) is 8.77. The minimum absolute atomic E-state index is 0.00358. The maximum atomic E-state index is 12.3. The van der Waals surface area contributed by atoms with E-state index in [-0.39, 0.29) is 17.9 Å².